The Bertz CT molecular complexity index is 1180. The fourth-order valence-corrected chi connectivity index (χ4v) is 6.13. The molecule has 2 aliphatic rings. The topological polar surface area (TPSA) is 55.8 Å². The zero-order valence-electron chi connectivity index (χ0n) is 23.9. The van der Waals surface area contributed by atoms with Gasteiger partial charge in [-0.25, -0.2) is 4.79 Å². The second-order valence-corrected chi connectivity index (χ2v) is 12.1. The van der Waals surface area contributed by atoms with Crippen LogP contribution in [-0.4, -0.2) is 35.8 Å². The van der Waals surface area contributed by atoms with E-state index >= 15 is 0 Å². The minimum Gasteiger partial charge on any atom is -0.462 e. The van der Waals surface area contributed by atoms with Crippen LogP contribution >= 0.6 is 0 Å². The number of rotatable bonds is 8. The molecule has 2 aromatic rings. The van der Waals surface area contributed by atoms with Crippen LogP contribution in [0.3, 0.4) is 0 Å². The zero-order valence-corrected chi connectivity index (χ0v) is 23.9. The summed E-state index contributed by atoms with van der Waals surface area (Å²) in [7, 11) is 0. The monoisotopic (exact) mass is 559 g/mol. The number of hydrogen-bond acceptors (Lipinski definition) is 4. The number of hydrogen-bond donors (Lipinski definition) is 0. The molecule has 0 heterocycles. The molecule has 218 valence electrons. The molecule has 5 nitrogen and oxygen atoms in total. The smallest absolute Gasteiger partial charge is 0.462 e. The molecule has 1 amide bonds. The van der Waals surface area contributed by atoms with Crippen LogP contribution in [0.25, 0.3) is 0 Å². The molecule has 1 atom stereocenters. The second kappa shape index (κ2) is 12.2. The van der Waals surface area contributed by atoms with Gasteiger partial charge in [-0.05, 0) is 104 Å². The van der Waals surface area contributed by atoms with Gasteiger partial charge >= 0.3 is 12.3 Å². The molecule has 4 rings (SSSR count). The van der Waals surface area contributed by atoms with E-state index in [1.54, 1.807) is 6.07 Å². The lowest BCUT2D eigenvalue weighted by Gasteiger charge is -2.43. The quantitative estimate of drug-likeness (QED) is 0.241. The first kappa shape index (κ1) is 29.9. The number of aryl methyl sites for hydroxylation is 1. The molecule has 2 aliphatic carbocycles. The molecule has 40 heavy (non-hydrogen) atoms. The highest BCUT2D eigenvalue weighted by Crippen LogP contribution is 2.44. The van der Waals surface area contributed by atoms with Crippen LogP contribution in [0.15, 0.2) is 42.5 Å². The van der Waals surface area contributed by atoms with Gasteiger partial charge in [-0.3, -0.25) is 4.79 Å². The molecule has 0 aromatic heterocycles. The van der Waals surface area contributed by atoms with Gasteiger partial charge in [0.05, 0.1) is 18.2 Å². The summed E-state index contributed by atoms with van der Waals surface area (Å²) in [6.07, 6.45) is 2.19. The van der Waals surface area contributed by atoms with Crippen LogP contribution in [-0.2, 0) is 11.2 Å². The molecule has 0 bridgehead atoms. The lowest BCUT2D eigenvalue weighted by molar-refractivity contribution is -0.274. The number of benzene rings is 2. The molecule has 2 aromatic carbocycles. The van der Waals surface area contributed by atoms with E-state index in [4.69, 9.17) is 4.74 Å². The summed E-state index contributed by atoms with van der Waals surface area (Å²) in [4.78, 5) is 28.5. The molecule has 0 N–H and O–H groups in total. The lowest BCUT2D eigenvalue weighted by Crippen LogP contribution is -2.45. The number of carbonyl (C=O) groups is 2. The number of halogens is 3. The van der Waals surface area contributed by atoms with E-state index in [1.165, 1.54) is 24.3 Å². The third kappa shape index (κ3) is 7.18. The largest absolute Gasteiger partial charge is 0.573 e. The Morgan fingerprint density at radius 3 is 2.17 bits per heavy atom. The summed E-state index contributed by atoms with van der Waals surface area (Å²) in [6, 6.07) is 10.6. The van der Waals surface area contributed by atoms with Crippen molar-refractivity contribution in [3.05, 3.63) is 64.7 Å². The minimum atomic E-state index is -4.79. The number of unbranched alkanes of at least 4 members (excludes halogenated alkanes) is 1. The Balaban J connectivity index is 1.60. The van der Waals surface area contributed by atoms with E-state index in [2.05, 4.69) is 25.5 Å². The molecule has 0 aliphatic heterocycles. The molecule has 1 fully saturated rings. The van der Waals surface area contributed by atoms with Crippen LogP contribution in [0, 0.1) is 11.3 Å². The fraction of sp³-hybridized carbons (Fsp3) is 0.562. The first-order chi connectivity index (χ1) is 18.9. The van der Waals surface area contributed by atoms with Gasteiger partial charge in [0.25, 0.3) is 5.91 Å². The van der Waals surface area contributed by atoms with Crippen molar-refractivity contribution in [2.45, 2.75) is 97.5 Å². The molecular formula is C32H40F3NO4. The predicted octanol–water partition coefficient (Wildman–Crippen LogP) is 8.28. The van der Waals surface area contributed by atoms with E-state index in [0.29, 0.717) is 23.7 Å². The summed E-state index contributed by atoms with van der Waals surface area (Å²) in [5.74, 6) is -0.324. The van der Waals surface area contributed by atoms with Crippen molar-refractivity contribution in [2.75, 3.05) is 6.61 Å². The summed E-state index contributed by atoms with van der Waals surface area (Å²) in [5.41, 5.74) is 3.09. The van der Waals surface area contributed by atoms with Crippen LogP contribution in [0.2, 0.25) is 0 Å². The molecule has 8 heteroatoms. The Morgan fingerprint density at radius 2 is 1.57 bits per heavy atom. The Hall–Kier alpha value is -3.03. The number of esters is 1. The van der Waals surface area contributed by atoms with Gasteiger partial charge < -0.3 is 14.4 Å². The standard InChI is InChI=1S/C32H40F3NO4/c1-5-6-19-39-30(38)23-9-17-27-22(20-23)10-18-28(27)36(25-13-11-24(12-14-25)31(2,3)4)29(37)21-7-15-26(16-8-21)40-32(33,34)35/h7-9,15-17,20,24-25,28H,5-6,10-14,18-19H2,1-4H3/t24-,25-,28?. The maximum atomic E-state index is 14.0. The molecule has 0 saturated heterocycles. The molecule has 1 saturated carbocycles. The number of alkyl halides is 3. The fourth-order valence-electron chi connectivity index (χ4n) is 6.13. The van der Waals surface area contributed by atoms with Crippen molar-refractivity contribution in [1.82, 2.24) is 4.90 Å². The van der Waals surface area contributed by atoms with Gasteiger partial charge in [-0.15, -0.1) is 13.2 Å². The predicted molar refractivity (Wildman–Crippen MR) is 147 cm³/mol. The van der Waals surface area contributed by atoms with Gasteiger partial charge in [0.2, 0.25) is 0 Å². The summed E-state index contributed by atoms with van der Waals surface area (Å²) < 4.78 is 47.4. The van der Waals surface area contributed by atoms with Crippen LogP contribution in [0.1, 0.15) is 111 Å². The summed E-state index contributed by atoms with van der Waals surface area (Å²) >= 11 is 0. The average Bonchev–Trinajstić information content (AvgIpc) is 3.31. The number of carbonyl (C=O) groups excluding carboxylic acids is 2. The number of ether oxygens (including phenoxy) is 2. The first-order valence-corrected chi connectivity index (χ1v) is 14.4. The van der Waals surface area contributed by atoms with E-state index in [1.807, 2.05) is 24.0 Å². The second-order valence-electron chi connectivity index (χ2n) is 12.1. The van der Waals surface area contributed by atoms with E-state index in [-0.39, 0.29) is 35.1 Å². The third-order valence-electron chi connectivity index (χ3n) is 8.38. The van der Waals surface area contributed by atoms with E-state index < -0.39 is 6.36 Å². The number of nitrogens with zero attached hydrogens (tertiary/aromatic N) is 1. The van der Waals surface area contributed by atoms with Crippen molar-refractivity contribution in [1.29, 1.82) is 0 Å². The van der Waals surface area contributed by atoms with Crippen molar-refractivity contribution < 1.29 is 32.2 Å². The van der Waals surface area contributed by atoms with Crippen molar-refractivity contribution in [3.63, 3.8) is 0 Å². The SMILES string of the molecule is CCCCOC(=O)c1ccc2c(c1)CCC2N(C(=O)c1ccc(OC(F)(F)F)cc1)[C@H]1CC[C@H](C(C)(C)C)CC1. The molecule has 0 spiro atoms. The summed E-state index contributed by atoms with van der Waals surface area (Å²) in [6.45, 7) is 9.19. The van der Waals surface area contributed by atoms with Gasteiger partial charge in [0.15, 0.2) is 0 Å². The van der Waals surface area contributed by atoms with Crippen molar-refractivity contribution in [2.24, 2.45) is 11.3 Å². The highest BCUT2D eigenvalue weighted by Gasteiger charge is 2.40. The van der Waals surface area contributed by atoms with Gasteiger partial charge in [-0.2, -0.15) is 0 Å². The van der Waals surface area contributed by atoms with Crippen LogP contribution in [0.4, 0.5) is 13.2 Å². The third-order valence-corrected chi connectivity index (χ3v) is 8.38. The van der Waals surface area contributed by atoms with Gasteiger partial charge in [0, 0.05) is 11.6 Å². The minimum absolute atomic E-state index is 0.0202. The number of fused-ring (bicyclic) bond motifs is 1. The van der Waals surface area contributed by atoms with Crippen molar-refractivity contribution >= 4 is 11.9 Å². The van der Waals surface area contributed by atoms with E-state index in [9.17, 15) is 22.8 Å². The van der Waals surface area contributed by atoms with Gasteiger partial charge in [-0.1, -0.05) is 40.2 Å². The maximum Gasteiger partial charge on any atom is 0.573 e. The maximum absolute atomic E-state index is 14.0. The molecular weight excluding hydrogens is 519 g/mol. The Morgan fingerprint density at radius 1 is 0.925 bits per heavy atom. The molecule has 1 unspecified atom stereocenters. The summed E-state index contributed by atoms with van der Waals surface area (Å²) in [5, 5.41) is 0. The highest BCUT2D eigenvalue weighted by molar-refractivity contribution is 5.95. The Labute approximate surface area is 235 Å². The highest BCUT2D eigenvalue weighted by atomic mass is 19.4. The zero-order chi connectivity index (χ0) is 29.1. The van der Waals surface area contributed by atoms with Crippen molar-refractivity contribution in [3.8, 4) is 5.75 Å². The lowest BCUT2D eigenvalue weighted by atomic mass is 9.71. The van der Waals surface area contributed by atoms with E-state index in [0.717, 1.165) is 62.5 Å². The molecule has 0 radical (unpaired) electrons. The average molecular weight is 560 g/mol. The van der Waals surface area contributed by atoms with Crippen LogP contribution in [0.5, 0.6) is 5.75 Å². The normalized spacial score (nSPS) is 21.0. The van der Waals surface area contributed by atoms with Gasteiger partial charge in [0.1, 0.15) is 5.75 Å². The Kier molecular flexibility index (Phi) is 9.16. The number of amides is 1. The van der Waals surface area contributed by atoms with Crippen LogP contribution < -0.4 is 4.74 Å². The first-order valence-electron chi connectivity index (χ1n) is 14.4.